The molecule has 1 atom stereocenters. The molecule has 1 amide bonds. The minimum absolute atomic E-state index is 0.137. The first kappa shape index (κ1) is 19.7. The third-order valence-corrected chi connectivity index (χ3v) is 5.41. The normalized spacial score (nSPS) is 12.2. The van der Waals surface area contributed by atoms with Crippen molar-refractivity contribution >= 4 is 27.7 Å². The molecule has 0 saturated heterocycles. The lowest BCUT2D eigenvalue weighted by molar-refractivity contribution is -0.124. The Morgan fingerprint density at radius 3 is 2.73 bits per heavy atom. The van der Waals surface area contributed by atoms with Gasteiger partial charge in [-0.05, 0) is 30.2 Å². The van der Waals surface area contributed by atoms with E-state index >= 15 is 0 Å². The summed E-state index contributed by atoms with van der Waals surface area (Å²) >= 11 is 0. The first-order chi connectivity index (χ1) is 14.5. The Morgan fingerprint density at radius 2 is 1.97 bits per heavy atom. The van der Waals surface area contributed by atoms with Crippen LogP contribution < -0.4 is 15.6 Å². The summed E-state index contributed by atoms with van der Waals surface area (Å²) in [7, 11) is 3.23. The fourth-order valence-corrected chi connectivity index (χ4v) is 3.89. The lowest BCUT2D eigenvalue weighted by Gasteiger charge is -2.19. The Balaban J connectivity index is 1.75. The van der Waals surface area contributed by atoms with Gasteiger partial charge < -0.3 is 14.6 Å². The highest BCUT2D eigenvalue weighted by atomic mass is 16.5. The number of ether oxygens (including phenoxy) is 1. The van der Waals surface area contributed by atoms with Crippen LogP contribution in [-0.4, -0.2) is 27.4 Å². The molecular weight excluding hydrogens is 380 g/mol. The molecule has 0 unspecified atom stereocenters. The van der Waals surface area contributed by atoms with Crippen LogP contribution in [0, 0.1) is 0 Å². The number of aryl methyl sites for hydroxylation is 1. The summed E-state index contributed by atoms with van der Waals surface area (Å²) in [4.78, 5) is 26.1. The van der Waals surface area contributed by atoms with E-state index < -0.39 is 6.04 Å². The van der Waals surface area contributed by atoms with E-state index in [1.165, 1.54) is 4.68 Å². The fourth-order valence-electron chi connectivity index (χ4n) is 3.89. The van der Waals surface area contributed by atoms with Crippen LogP contribution >= 0.6 is 0 Å². The molecule has 7 heteroatoms. The van der Waals surface area contributed by atoms with Gasteiger partial charge in [0.15, 0.2) is 0 Å². The molecule has 0 saturated carbocycles. The monoisotopic (exact) mass is 404 g/mol. The van der Waals surface area contributed by atoms with Crippen molar-refractivity contribution in [2.24, 2.45) is 7.05 Å². The van der Waals surface area contributed by atoms with Crippen LogP contribution in [0.4, 0.5) is 0 Å². The van der Waals surface area contributed by atoms with Crippen molar-refractivity contribution in [1.29, 1.82) is 0 Å². The van der Waals surface area contributed by atoms with E-state index in [-0.39, 0.29) is 11.5 Å². The predicted octanol–water partition coefficient (Wildman–Crippen LogP) is 3.16. The van der Waals surface area contributed by atoms with E-state index in [1.807, 2.05) is 60.0 Å². The van der Waals surface area contributed by atoms with E-state index in [0.717, 1.165) is 27.6 Å². The van der Waals surface area contributed by atoms with Crippen molar-refractivity contribution in [3.8, 4) is 5.75 Å². The highest BCUT2D eigenvalue weighted by Gasteiger charge is 2.25. The van der Waals surface area contributed by atoms with Crippen LogP contribution in [-0.2, 0) is 18.4 Å². The fraction of sp³-hybridized carbons (Fsp3) is 0.261. The van der Waals surface area contributed by atoms with Crippen LogP contribution in [0.5, 0.6) is 5.75 Å². The predicted molar refractivity (Wildman–Crippen MR) is 117 cm³/mol. The van der Waals surface area contributed by atoms with Crippen LogP contribution in [0.3, 0.4) is 0 Å². The highest BCUT2D eigenvalue weighted by molar-refractivity contribution is 6.08. The number of aromatic nitrogens is 3. The Hall–Kier alpha value is -3.61. The molecule has 4 rings (SSSR count). The molecule has 0 aliphatic rings. The maximum absolute atomic E-state index is 13.2. The molecule has 0 aliphatic carbocycles. The van der Waals surface area contributed by atoms with Crippen molar-refractivity contribution in [3.63, 3.8) is 0 Å². The number of methoxy groups -OCH3 is 1. The van der Waals surface area contributed by atoms with Gasteiger partial charge in [-0.2, -0.15) is 5.10 Å². The zero-order valence-electron chi connectivity index (χ0n) is 17.3. The van der Waals surface area contributed by atoms with Crippen molar-refractivity contribution < 1.29 is 9.53 Å². The van der Waals surface area contributed by atoms with Crippen LogP contribution in [0.1, 0.15) is 24.9 Å². The molecule has 0 radical (unpaired) electrons. The molecule has 7 nitrogen and oxygen atoms in total. The zero-order valence-corrected chi connectivity index (χ0v) is 17.3. The van der Waals surface area contributed by atoms with Gasteiger partial charge in [-0.25, -0.2) is 4.68 Å². The van der Waals surface area contributed by atoms with E-state index in [9.17, 15) is 9.59 Å². The second-order valence-electron chi connectivity index (χ2n) is 7.22. The third kappa shape index (κ3) is 3.32. The number of nitrogens with zero attached hydrogens (tertiary/aromatic N) is 3. The van der Waals surface area contributed by atoms with Gasteiger partial charge in [0.25, 0.3) is 5.56 Å². The van der Waals surface area contributed by atoms with Gasteiger partial charge in [-0.15, -0.1) is 0 Å². The summed E-state index contributed by atoms with van der Waals surface area (Å²) in [5, 5.41) is 8.86. The Kier molecular flexibility index (Phi) is 5.27. The summed E-state index contributed by atoms with van der Waals surface area (Å²) in [5.74, 6) is 0.606. The molecule has 4 aromatic rings. The number of fused-ring (bicyclic) bond motifs is 3. The molecule has 154 valence electrons. The van der Waals surface area contributed by atoms with E-state index in [2.05, 4.69) is 10.4 Å². The van der Waals surface area contributed by atoms with Gasteiger partial charge in [-0.1, -0.05) is 37.3 Å². The molecule has 30 heavy (non-hydrogen) atoms. The first-order valence-corrected chi connectivity index (χ1v) is 9.90. The lowest BCUT2D eigenvalue weighted by Crippen LogP contribution is -2.33. The largest absolute Gasteiger partial charge is 0.497 e. The summed E-state index contributed by atoms with van der Waals surface area (Å²) in [5.41, 5.74) is 2.07. The number of benzene rings is 2. The van der Waals surface area contributed by atoms with Crippen LogP contribution in [0.2, 0.25) is 0 Å². The molecule has 0 aliphatic heterocycles. The third-order valence-electron chi connectivity index (χ3n) is 5.41. The highest BCUT2D eigenvalue weighted by Crippen LogP contribution is 2.30. The van der Waals surface area contributed by atoms with Crippen LogP contribution in [0.15, 0.2) is 59.5 Å². The maximum atomic E-state index is 13.2. The van der Waals surface area contributed by atoms with E-state index in [4.69, 9.17) is 4.74 Å². The number of hydrogen-bond acceptors (Lipinski definition) is 4. The Morgan fingerprint density at radius 1 is 1.17 bits per heavy atom. The summed E-state index contributed by atoms with van der Waals surface area (Å²) in [6.07, 6.45) is 2.24. The van der Waals surface area contributed by atoms with E-state index in [1.54, 1.807) is 20.4 Å². The van der Waals surface area contributed by atoms with Gasteiger partial charge in [0.05, 0.1) is 18.8 Å². The van der Waals surface area contributed by atoms with Gasteiger partial charge in [0.2, 0.25) is 5.91 Å². The number of nitrogens with one attached hydrogen (secondary N) is 1. The van der Waals surface area contributed by atoms with E-state index in [0.29, 0.717) is 18.5 Å². The number of hydrogen-bond donors (Lipinski definition) is 1. The second-order valence-corrected chi connectivity index (χ2v) is 7.22. The number of carbonyl (C=O) groups excluding carboxylic acids is 1. The van der Waals surface area contributed by atoms with Gasteiger partial charge in [0, 0.05) is 24.4 Å². The van der Waals surface area contributed by atoms with Gasteiger partial charge >= 0.3 is 0 Å². The van der Waals surface area contributed by atoms with Crippen molar-refractivity contribution in [1.82, 2.24) is 19.7 Å². The molecule has 2 heterocycles. The standard InChI is InChI=1S/C23H24N4O3/c1-4-19(22(28)24-13-15-8-7-9-16(12-15)30-3)27-20-11-6-5-10-17(20)18-14-25-26(2)23(29)21(18)27/h5-12,14,19H,4,13H2,1-3H3,(H,24,28)/t19-/m1/s1. The maximum Gasteiger partial charge on any atom is 0.291 e. The molecular formula is C23H24N4O3. The Bertz CT molecular complexity index is 1290. The molecule has 2 aromatic carbocycles. The number of amides is 1. The average molecular weight is 404 g/mol. The second kappa shape index (κ2) is 8.02. The van der Waals surface area contributed by atoms with Crippen molar-refractivity contribution in [3.05, 3.63) is 70.6 Å². The molecule has 2 aromatic heterocycles. The smallest absolute Gasteiger partial charge is 0.291 e. The zero-order chi connectivity index (χ0) is 21.3. The van der Waals surface area contributed by atoms with Crippen LogP contribution in [0.25, 0.3) is 21.8 Å². The van der Waals surface area contributed by atoms with Crippen molar-refractivity contribution in [2.45, 2.75) is 25.9 Å². The number of para-hydroxylation sites is 1. The minimum Gasteiger partial charge on any atom is -0.497 e. The molecule has 0 fully saturated rings. The quantitative estimate of drug-likeness (QED) is 0.535. The first-order valence-electron chi connectivity index (χ1n) is 9.90. The number of rotatable bonds is 6. The lowest BCUT2D eigenvalue weighted by atomic mass is 10.1. The molecule has 0 spiro atoms. The summed E-state index contributed by atoms with van der Waals surface area (Å²) in [6.45, 7) is 2.32. The van der Waals surface area contributed by atoms with Crippen molar-refractivity contribution in [2.75, 3.05) is 7.11 Å². The Labute approximate surface area is 173 Å². The summed E-state index contributed by atoms with van der Waals surface area (Å²) < 4.78 is 8.41. The minimum atomic E-state index is -0.520. The summed E-state index contributed by atoms with van der Waals surface area (Å²) in [6, 6.07) is 14.8. The SMILES string of the molecule is CC[C@H](C(=O)NCc1cccc(OC)c1)n1c2ccccc2c2cnn(C)c(=O)c21. The van der Waals surface area contributed by atoms with Gasteiger partial charge in [0.1, 0.15) is 17.3 Å². The topological polar surface area (TPSA) is 78.2 Å². The van der Waals surface area contributed by atoms with Gasteiger partial charge in [-0.3, -0.25) is 9.59 Å². The molecule has 1 N–H and O–H groups in total. The average Bonchev–Trinajstić information content (AvgIpc) is 3.10. The molecule has 0 bridgehead atoms. The number of carbonyl (C=O) groups is 1.